The van der Waals surface area contributed by atoms with E-state index in [1.54, 1.807) is 7.11 Å². The fourth-order valence-electron chi connectivity index (χ4n) is 3.45. The van der Waals surface area contributed by atoms with Gasteiger partial charge in [0.1, 0.15) is 16.6 Å². The average Bonchev–Trinajstić information content (AvgIpc) is 3.24. The Kier molecular flexibility index (Phi) is 5.62. The van der Waals surface area contributed by atoms with E-state index in [4.69, 9.17) is 4.74 Å². The molecule has 4 rings (SSSR count). The van der Waals surface area contributed by atoms with E-state index in [2.05, 4.69) is 10.2 Å². The fourth-order valence-corrected chi connectivity index (χ4v) is 5.99. The first-order valence-corrected chi connectivity index (χ1v) is 11.5. The predicted molar refractivity (Wildman–Crippen MR) is 109 cm³/mol. The average molecular weight is 434 g/mol. The third kappa shape index (κ3) is 4.03. The molecule has 0 amide bonds. The molecule has 6 nitrogen and oxygen atoms in total. The number of hydrogen-bond donors (Lipinski definition) is 0. The van der Waals surface area contributed by atoms with E-state index in [0.29, 0.717) is 25.9 Å². The van der Waals surface area contributed by atoms with E-state index in [1.165, 1.54) is 33.8 Å². The van der Waals surface area contributed by atoms with Gasteiger partial charge >= 0.3 is 0 Å². The Morgan fingerprint density at radius 2 is 1.86 bits per heavy atom. The third-order valence-corrected chi connectivity index (χ3v) is 8.03. The molecule has 0 radical (unpaired) electrons. The van der Waals surface area contributed by atoms with Gasteiger partial charge in [0.05, 0.1) is 17.6 Å². The van der Waals surface area contributed by atoms with Crippen molar-refractivity contribution in [2.45, 2.75) is 23.7 Å². The van der Waals surface area contributed by atoms with Crippen LogP contribution in [0.3, 0.4) is 0 Å². The molecular weight excluding hydrogens is 413 g/mol. The van der Waals surface area contributed by atoms with Crippen LogP contribution in [0.15, 0.2) is 53.4 Å². The highest BCUT2D eigenvalue weighted by atomic mass is 32.2. The summed E-state index contributed by atoms with van der Waals surface area (Å²) in [4.78, 5) is -0.00896. The van der Waals surface area contributed by atoms with Gasteiger partial charge in [-0.05, 0) is 43.2 Å². The second-order valence-corrected chi connectivity index (χ2v) is 9.73. The summed E-state index contributed by atoms with van der Waals surface area (Å²) in [5.74, 6) is 0.333. The normalized spacial score (nSPS) is 16.1. The zero-order valence-electron chi connectivity index (χ0n) is 15.8. The van der Waals surface area contributed by atoms with Crippen LogP contribution in [-0.2, 0) is 10.0 Å². The molecule has 0 spiro atoms. The van der Waals surface area contributed by atoms with Crippen LogP contribution in [0.25, 0.3) is 10.6 Å². The summed E-state index contributed by atoms with van der Waals surface area (Å²) in [5, 5.41) is 10.3. The van der Waals surface area contributed by atoms with E-state index in [0.717, 1.165) is 27.4 Å². The molecule has 0 saturated carbocycles. The fraction of sp³-hybridized carbons (Fsp3) is 0.300. The zero-order valence-corrected chi connectivity index (χ0v) is 17.4. The Morgan fingerprint density at radius 1 is 1.10 bits per heavy atom. The first-order valence-electron chi connectivity index (χ1n) is 9.21. The minimum atomic E-state index is -3.69. The lowest BCUT2D eigenvalue weighted by Crippen LogP contribution is -2.37. The van der Waals surface area contributed by atoms with Gasteiger partial charge in [-0.25, -0.2) is 12.8 Å². The van der Waals surface area contributed by atoms with Gasteiger partial charge in [-0.2, -0.15) is 4.31 Å². The first-order chi connectivity index (χ1) is 14.0. The number of para-hydroxylation sites is 1. The number of aromatic nitrogens is 2. The Morgan fingerprint density at radius 3 is 2.59 bits per heavy atom. The number of nitrogens with zero attached hydrogens (tertiary/aromatic N) is 3. The molecule has 0 atom stereocenters. The van der Waals surface area contributed by atoms with Crippen molar-refractivity contribution >= 4 is 21.4 Å². The van der Waals surface area contributed by atoms with Crippen LogP contribution in [-0.4, -0.2) is 43.1 Å². The van der Waals surface area contributed by atoms with E-state index in [9.17, 15) is 12.8 Å². The number of rotatable bonds is 5. The number of ether oxygens (including phenoxy) is 1. The second kappa shape index (κ2) is 8.17. The summed E-state index contributed by atoms with van der Waals surface area (Å²) in [6.45, 7) is 0.736. The Bertz CT molecular complexity index is 1110. The molecule has 0 aliphatic carbocycles. The van der Waals surface area contributed by atoms with Gasteiger partial charge in [0, 0.05) is 19.0 Å². The molecule has 0 unspecified atom stereocenters. The van der Waals surface area contributed by atoms with Crippen LogP contribution in [0.5, 0.6) is 5.75 Å². The summed E-state index contributed by atoms with van der Waals surface area (Å²) in [7, 11) is -2.07. The molecule has 1 aliphatic heterocycles. The largest absolute Gasteiger partial charge is 0.496 e. The van der Waals surface area contributed by atoms with Gasteiger partial charge in [-0.3, -0.25) is 0 Å². The highest BCUT2D eigenvalue weighted by molar-refractivity contribution is 7.89. The highest BCUT2D eigenvalue weighted by Gasteiger charge is 2.31. The summed E-state index contributed by atoms with van der Waals surface area (Å²) in [5.41, 5.74) is 0.893. The standard InChI is InChI=1S/C20H20FN3O3S2/c1-27-18-8-3-2-7-17(18)20-23-22-19(28-20)14-9-11-24(12-10-14)29(25,26)16-6-4-5-15(21)13-16/h2-8,13-14H,9-12H2,1H3. The summed E-state index contributed by atoms with van der Waals surface area (Å²) >= 11 is 1.51. The maximum Gasteiger partial charge on any atom is 0.243 e. The lowest BCUT2D eigenvalue weighted by Gasteiger charge is -2.30. The predicted octanol–water partition coefficient (Wildman–Crippen LogP) is 3.92. The molecule has 2 aromatic carbocycles. The number of piperidine rings is 1. The van der Waals surface area contributed by atoms with Gasteiger partial charge in [0.2, 0.25) is 10.0 Å². The molecule has 1 saturated heterocycles. The van der Waals surface area contributed by atoms with Crippen molar-refractivity contribution in [3.63, 3.8) is 0 Å². The van der Waals surface area contributed by atoms with Gasteiger partial charge in [0.25, 0.3) is 0 Å². The minimum absolute atomic E-state index is 0.00896. The monoisotopic (exact) mass is 433 g/mol. The zero-order chi connectivity index (χ0) is 20.4. The van der Waals surface area contributed by atoms with Crippen molar-refractivity contribution in [2.24, 2.45) is 0 Å². The van der Waals surface area contributed by atoms with Crippen molar-refractivity contribution in [2.75, 3.05) is 20.2 Å². The molecule has 29 heavy (non-hydrogen) atoms. The van der Waals surface area contributed by atoms with E-state index in [-0.39, 0.29) is 10.8 Å². The number of hydrogen-bond acceptors (Lipinski definition) is 6. The van der Waals surface area contributed by atoms with Gasteiger partial charge in [-0.15, -0.1) is 10.2 Å². The molecule has 1 aliphatic rings. The van der Waals surface area contributed by atoms with Crippen LogP contribution in [0.2, 0.25) is 0 Å². The molecule has 1 aromatic heterocycles. The lowest BCUT2D eigenvalue weighted by molar-refractivity contribution is 0.318. The van der Waals surface area contributed by atoms with Crippen LogP contribution in [0, 0.1) is 5.82 Å². The topological polar surface area (TPSA) is 72.4 Å². The minimum Gasteiger partial charge on any atom is -0.496 e. The number of benzene rings is 2. The van der Waals surface area contributed by atoms with Crippen molar-refractivity contribution in [3.8, 4) is 16.3 Å². The first kappa shape index (κ1) is 19.9. The SMILES string of the molecule is COc1ccccc1-c1nnc(C2CCN(S(=O)(=O)c3cccc(F)c3)CC2)s1. The van der Waals surface area contributed by atoms with Crippen LogP contribution in [0.1, 0.15) is 23.8 Å². The summed E-state index contributed by atoms with van der Waals surface area (Å²) in [6.07, 6.45) is 1.30. The van der Waals surface area contributed by atoms with Crippen LogP contribution >= 0.6 is 11.3 Å². The second-order valence-electron chi connectivity index (χ2n) is 6.78. The summed E-state index contributed by atoms with van der Waals surface area (Å²) < 4.78 is 45.8. The molecule has 2 heterocycles. The Hall–Kier alpha value is -2.36. The van der Waals surface area contributed by atoms with Crippen molar-refractivity contribution in [3.05, 3.63) is 59.4 Å². The van der Waals surface area contributed by atoms with Crippen molar-refractivity contribution in [1.82, 2.24) is 14.5 Å². The maximum atomic E-state index is 13.4. The van der Waals surface area contributed by atoms with Crippen molar-refractivity contribution in [1.29, 1.82) is 0 Å². The lowest BCUT2D eigenvalue weighted by atomic mass is 9.99. The van der Waals surface area contributed by atoms with Gasteiger partial charge < -0.3 is 4.74 Å². The molecular formula is C20H20FN3O3S2. The molecule has 3 aromatic rings. The number of sulfonamides is 1. The van der Waals surface area contributed by atoms with E-state index >= 15 is 0 Å². The molecule has 9 heteroatoms. The third-order valence-electron chi connectivity index (χ3n) is 5.02. The van der Waals surface area contributed by atoms with Crippen molar-refractivity contribution < 1.29 is 17.5 Å². The van der Waals surface area contributed by atoms with Crippen LogP contribution < -0.4 is 4.74 Å². The number of methoxy groups -OCH3 is 1. The number of halogens is 1. The smallest absolute Gasteiger partial charge is 0.243 e. The van der Waals surface area contributed by atoms with Gasteiger partial charge in [0.15, 0.2) is 5.01 Å². The molecule has 0 bridgehead atoms. The van der Waals surface area contributed by atoms with Crippen LogP contribution in [0.4, 0.5) is 4.39 Å². The molecule has 0 N–H and O–H groups in total. The Labute approximate surface area is 173 Å². The van der Waals surface area contributed by atoms with E-state index < -0.39 is 15.8 Å². The maximum absolute atomic E-state index is 13.4. The van der Waals surface area contributed by atoms with E-state index in [1.807, 2.05) is 24.3 Å². The highest BCUT2D eigenvalue weighted by Crippen LogP contribution is 2.37. The summed E-state index contributed by atoms with van der Waals surface area (Å²) in [6, 6.07) is 12.8. The Balaban J connectivity index is 1.47. The quantitative estimate of drug-likeness (QED) is 0.610. The molecule has 152 valence electrons. The molecule has 1 fully saturated rings. The van der Waals surface area contributed by atoms with Gasteiger partial charge in [-0.1, -0.05) is 29.5 Å².